The number of benzene rings is 1. The first-order valence-corrected chi connectivity index (χ1v) is 7.22. The summed E-state index contributed by atoms with van der Waals surface area (Å²) in [6, 6.07) is 2.71. The molecule has 0 bridgehead atoms. The molecule has 0 saturated heterocycles. The number of halogens is 2. The maximum Gasteiger partial charge on any atom is 0.244 e. The van der Waals surface area contributed by atoms with Gasteiger partial charge in [-0.15, -0.1) is 0 Å². The third-order valence-electron chi connectivity index (χ3n) is 1.99. The highest BCUT2D eigenvalue weighted by molar-refractivity contribution is 7.89. The molecule has 0 amide bonds. The summed E-state index contributed by atoms with van der Waals surface area (Å²) in [5.74, 6) is 0.192. The van der Waals surface area contributed by atoms with Gasteiger partial charge in [-0.1, -0.05) is 37.0 Å². The lowest BCUT2D eigenvalue weighted by Gasteiger charge is -2.12. The van der Waals surface area contributed by atoms with Gasteiger partial charge in [-0.2, -0.15) is 0 Å². The molecule has 0 aliphatic rings. The van der Waals surface area contributed by atoms with Crippen LogP contribution in [0.2, 0.25) is 10.0 Å². The molecule has 1 aromatic carbocycles. The highest BCUT2D eigenvalue weighted by Gasteiger charge is 2.21. The topological polar surface area (TPSA) is 72.2 Å². The number of anilines is 1. The monoisotopic (exact) mass is 296 g/mol. The molecule has 0 radical (unpaired) electrons. The van der Waals surface area contributed by atoms with Crippen molar-refractivity contribution in [3.8, 4) is 0 Å². The van der Waals surface area contributed by atoms with Crippen molar-refractivity contribution in [2.75, 3.05) is 12.3 Å². The molecule has 17 heavy (non-hydrogen) atoms. The molecule has 0 aliphatic heterocycles. The van der Waals surface area contributed by atoms with Gasteiger partial charge in [-0.05, 0) is 18.1 Å². The molecule has 1 aromatic rings. The molecule has 0 aromatic heterocycles. The minimum Gasteiger partial charge on any atom is -0.398 e. The van der Waals surface area contributed by atoms with E-state index in [9.17, 15) is 8.42 Å². The average molecular weight is 297 g/mol. The summed E-state index contributed by atoms with van der Waals surface area (Å²) >= 11 is 11.6. The van der Waals surface area contributed by atoms with E-state index in [0.29, 0.717) is 11.6 Å². The Morgan fingerprint density at radius 3 is 2.41 bits per heavy atom. The van der Waals surface area contributed by atoms with Gasteiger partial charge >= 0.3 is 0 Å². The lowest BCUT2D eigenvalue weighted by atomic mass is 10.2. The van der Waals surface area contributed by atoms with Crippen LogP contribution in [0.25, 0.3) is 0 Å². The molecule has 0 heterocycles. The predicted molar refractivity (Wildman–Crippen MR) is 70.9 cm³/mol. The van der Waals surface area contributed by atoms with Crippen molar-refractivity contribution in [2.45, 2.75) is 18.7 Å². The van der Waals surface area contributed by atoms with Crippen molar-refractivity contribution >= 4 is 38.9 Å². The van der Waals surface area contributed by atoms with E-state index in [2.05, 4.69) is 4.72 Å². The van der Waals surface area contributed by atoms with Crippen LogP contribution in [0, 0.1) is 5.92 Å². The van der Waals surface area contributed by atoms with Crippen molar-refractivity contribution in [3.05, 3.63) is 22.2 Å². The Hall–Kier alpha value is -0.490. The summed E-state index contributed by atoms with van der Waals surface area (Å²) in [6.07, 6.45) is 0. The Balaban J connectivity index is 3.16. The van der Waals surface area contributed by atoms with Crippen molar-refractivity contribution in [1.29, 1.82) is 0 Å². The van der Waals surface area contributed by atoms with Gasteiger partial charge in [0.1, 0.15) is 4.90 Å². The SMILES string of the molecule is CC(C)CNS(=O)(=O)c1c(N)cc(Cl)cc1Cl. The lowest BCUT2D eigenvalue weighted by Crippen LogP contribution is -2.28. The second kappa shape index (κ2) is 5.44. The molecule has 3 N–H and O–H groups in total. The lowest BCUT2D eigenvalue weighted by molar-refractivity contribution is 0.560. The molecule has 1 rings (SSSR count). The zero-order valence-corrected chi connectivity index (χ0v) is 11.8. The number of sulfonamides is 1. The highest BCUT2D eigenvalue weighted by atomic mass is 35.5. The van der Waals surface area contributed by atoms with Gasteiger partial charge in [0.15, 0.2) is 0 Å². The van der Waals surface area contributed by atoms with Crippen LogP contribution in [-0.2, 0) is 10.0 Å². The van der Waals surface area contributed by atoms with E-state index >= 15 is 0 Å². The molecule has 4 nitrogen and oxygen atoms in total. The van der Waals surface area contributed by atoms with Crippen molar-refractivity contribution in [2.24, 2.45) is 5.92 Å². The number of hydrogen-bond acceptors (Lipinski definition) is 3. The molecule has 0 saturated carbocycles. The second-order valence-corrected chi connectivity index (χ2v) is 6.60. The van der Waals surface area contributed by atoms with Crippen LogP contribution < -0.4 is 10.5 Å². The van der Waals surface area contributed by atoms with Crippen LogP contribution in [0.4, 0.5) is 5.69 Å². The molecule has 0 aliphatic carbocycles. The minimum atomic E-state index is -3.70. The highest BCUT2D eigenvalue weighted by Crippen LogP contribution is 2.30. The number of nitrogens with two attached hydrogens (primary N) is 1. The Bertz CT molecular complexity index is 492. The van der Waals surface area contributed by atoms with E-state index in [1.165, 1.54) is 12.1 Å². The van der Waals surface area contributed by atoms with E-state index in [1.807, 2.05) is 13.8 Å². The molecule has 0 fully saturated rings. The fourth-order valence-corrected chi connectivity index (χ4v) is 3.41. The van der Waals surface area contributed by atoms with Crippen LogP contribution in [-0.4, -0.2) is 15.0 Å². The smallest absolute Gasteiger partial charge is 0.244 e. The molecule has 0 atom stereocenters. The van der Waals surface area contributed by atoms with Gasteiger partial charge in [0, 0.05) is 11.6 Å². The van der Waals surface area contributed by atoms with Gasteiger partial charge in [0.05, 0.1) is 10.7 Å². The zero-order valence-electron chi connectivity index (χ0n) is 9.50. The van der Waals surface area contributed by atoms with E-state index < -0.39 is 10.0 Å². The second-order valence-electron chi connectivity index (χ2n) is 4.05. The summed E-state index contributed by atoms with van der Waals surface area (Å²) < 4.78 is 26.4. The molecular formula is C10H14Cl2N2O2S. The summed E-state index contributed by atoms with van der Waals surface area (Å²) in [4.78, 5) is -0.121. The Kier molecular flexibility index (Phi) is 4.66. The first kappa shape index (κ1) is 14.6. The largest absolute Gasteiger partial charge is 0.398 e. The Labute approximate surface area is 111 Å². The van der Waals surface area contributed by atoms with Crippen LogP contribution >= 0.6 is 23.2 Å². The fourth-order valence-electron chi connectivity index (χ4n) is 1.21. The third kappa shape index (κ3) is 3.74. The minimum absolute atomic E-state index is 0.0197. The number of nitrogens with one attached hydrogen (secondary N) is 1. The molecule has 96 valence electrons. The maximum atomic E-state index is 12.0. The summed E-state index contributed by atoms with van der Waals surface area (Å²) in [5.41, 5.74) is 5.67. The Morgan fingerprint density at radius 2 is 1.94 bits per heavy atom. The zero-order chi connectivity index (χ0) is 13.2. The average Bonchev–Trinajstić information content (AvgIpc) is 2.12. The van der Waals surface area contributed by atoms with Crippen LogP contribution in [0.3, 0.4) is 0 Å². The van der Waals surface area contributed by atoms with Crippen molar-refractivity contribution < 1.29 is 8.42 Å². The van der Waals surface area contributed by atoms with Crippen molar-refractivity contribution in [1.82, 2.24) is 4.72 Å². The standard InChI is InChI=1S/C10H14Cl2N2O2S/c1-6(2)5-14-17(15,16)10-8(12)3-7(11)4-9(10)13/h3-4,6,14H,5,13H2,1-2H3. The number of nitrogen functional groups attached to an aromatic ring is 1. The maximum absolute atomic E-state index is 12.0. The first-order chi connectivity index (χ1) is 7.74. The first-order valence-electron chi connectivity index (χ1n) is 4.98. The molecular weight excluding hydrogens is 283 g/mol. The molecule has 0 unspecified atom stereocenters. The quantitative estimate of drug-likeness (QED) is 0.839. The summed E-state index contributed by atoms with van der Waals surface area (Å²) in [6.45, 7) is 4.12. The summed E-state index contributed by atoms with van der Waals surface area (Å²) in [5, 5.41) is 0.321. The fraction of sp³-hybridized carbons (Fsp3) is 0.400. The van der Waals surface area contributed by atoms with Crippen LogP contribution in [0.1, 0.15) is 13.8 Å². The molecule has 0 spiro atoms. The van der Waals surface area contributed by atoms with Gasteiger partial charge in [0.25, 0.3) is 0 Å². The van der Waals surface area contributed by atoms with E-state index in [0.717, 1.165) is 0 Å². The van der Waals surface area contributed by atoms with E-state index in [1.54, 1.807) is 0 Å². The van der Waals surface area contributed by atoms with Gasteiger partial charge in [-0.25, -0.2) is 13.1 Å². The van der Waals surface area contributed by atoms with E-state index in [4.69, 9.17) is 28.9 Å². The van der Waals surface area contributed by atoms with Crippen LogP contribution in [0.5, 0.6) is 0 Å². The third-order valence-corrected chi connectivity index (χ3v) is 4.16. The van der Waals surface area contributed by atoms with Crippen LogP contribution in [0.15, 0.2) is 17.0 Å². The van der Waals surface area contributed by atoms with Gasteiger partial charge < -0.3 is 5.73 Å². The summed E-state index contributed by atoms with van der Waals surface area (Å²) in [7, 11) is -3.70. The van der Waals surface area contributed by atoms with E-state index in [-0.39, 0.29) is 21.5 Å². The number of hydrogen-bond donors (Lipinski definition) is 2. The number of rotatable bonds is 4. The predicted octanol–water partition coefficient (Wildman–Crippen LogP) is 2.51. The van der Waals surface area contributed by atoms with Crippen molar-refractivity contribution in [3.63, 3.8) is 0 Å². The normalized spacial score (nSPS) is 12.1. The Morgan fingerprint density at radius 1 is 1.35 bits per heavy atom. The van der Waals surface area contributed by atoms with Gasteiger partial charge in [0.2, 0.25) is 10.0 Å². The molecule has 7 heteroatoms. The van der Waals surface area contributed by atoms with Gasteiger partial charge in [-0.3, -0.25) is 0 Å².